The highest BCUT2D eigenvalue weighted by Gasteiger charge is 2.25. The average Bonchev–Trinajstić information content (AvgIpc) is 2.17. The Bertz CT molecular complexity index is 300. The third-order valence-electron chi connectivity index (χ3n) is 2.18. The van der Waals surface area contributed by atoms with Crippen molar-refractivity contribution in [2.45, 2.75) is 26.2 Å². The summed E-state index contributed by atoms with van der Waals surface area (Å²) in [6, 6.07) is 0. The SMILES string of the molecule is C=CC1=C(C(=O)OCC)C(=O)CCC1. The molecule has 0 aliphatic heterocycles. The second kappa shape index (κ2) is 4.74. The molecule has 76 valence electrons. The molecule has 0 aromatic rings. The monoisotopic (exact) mass is 194 g/mol. The fourth-order valence-electron chi connectivity index (χ4n) is 1.52. The van der Waals surface area contributed by atoms with E-state index in [0.29, 0.717) is 13.0 Å². The topological polar surface area (TPSA) is 43.4 Å². The Balaban J connectivity index is 2.98. The van der Waals surface area contributed by atoms with Gasteiger partial charge in [0, 0.05) is 6.42 Å². The molecule has 3 heteroatoms. The molecule has 0 saturated heterocycles. The molecule has 1 aliphatic carbocycles. The van der Waals surface area contributed by atoms with E-state index in [1.165, 1.54) is 0 Å². The highest BCUT2D eigenvalue weighted by molar-refractivity contribution is 6.18. The lowest BCUT2D eigenvalue weighted by atomic mass is 9.91. The summed E-state index contributed by atoms with van der Waals surface area (Å²) in [6.07, 6.45) is 3.54. The van der Waals surface area contributed by atoms with Gasteiger partial charge in [-0.15, -0.1) is 0 Å². The van der Waals surface area contributed by atoms with Crippen LogP contribution in [0.1, 0.15) is 26.2 Å². The first-order chi connectivity index (χ1) is 6.70. The van der Waals surface area contributed by atoms with Crippen LogP contribution >= 0.6 is 0 Å². The van der Waals surface area contributed by atoms with Crippen LogP contribution in [0.3, 0.4) is 0 Å². The van der Waals surface area contributed by atoms with Gasteiger partial charge in [0.15, 0.2) is 5.78 Å². The van der Waals surface area contributed by atoms with Gasteiger partial charge in [0.05, 0.1) is 6.61 Å². The number of allylic oxidation sites excluding steroid dienone is 2. The lowest BCUT2D eigenvalue weighted by Gasteiger charge is -2.15. The highest BCUT2D eigenvalue weighted by Crippen LogP contribution is 2.23. The van der Waals surface area contributed by atoms with E-state index < -0.39 is 5.97 Å². The van der Waals surface area contributed by atoms with Crippen LogP contribution in [0.25, 0.3) is 0 Å². The number of carbonyl (C=O) groups excluding carboxylic acids is 2. The molecule has 3 nitrogen and oxygen atoms in total. The summed E-state index contributed by atoms with van der Waals surface area (Å²) < 4.78 is 4.82. The summed E-state index contributed by atoms with van der Waals surface area (Å²) in [5.74, 6) is -0.628. The van der Waals surface area contributed by atoms with Gasteiger partial charge >= 0.3 is 5.97 Å². The van der Waals surface area contributed by atoms with E-state index in [1.54, 1.807) is 13.0 Å². The van der Waals surface area contributed by atoms with E-state index in [1.807, 2.05) is 0 Å². The zero-order chi connectivity index (χ0) is 10.6. The lowest BCUT2D eigenvalue weighted by Crippen LogP contribution is -2.20. The maximum atomic E-state index is 11.5. The minimum absolute atomic E-state index is 0.121. The van der Waals surface area contributed by atoms with Gasteiger partial charge in [0.1, 0.15) is 5.57 Å². The molecule has 1 aliphatic rings. The summed E-state index contributed by atoms with van der Waals surface area (Å²) in [4.78, 5) is 22.9. The number of ketones is 1. The Labute approximate surface area is 83.4 Å². The summed E-state index contributed by atoms with van der Waals surface area (Å²) in [7, 11) is 0. The van der Waals surface area contributed by atoms with Crippen molar-refractivity contribution in [1.29, 1.82) is 0 Å². The largest absolute Gasteiger partial charge is 0.462 e. The maximum Gasteiger partial charge on any atom is 0.342 e. The van der Waals surface area contributed by atoms with Crippen LogP contribution in [0.4, 0.5) is 0 Å². The van der Waals surface area contributed by atoms with Crippen LogP contribution < -0.4 is 0 Å². The highest BCUT2D eigenvalue weighted by atomic mass is 16.5. The van der Waals surface area contributed by atoms with Crippen LogP contribution in [0.5, 0.6) is 0 Å². The predicted molar refractivity (Wildman–Crippen MR) is 52.7 cm³/mol. The van der Waals surface area contributed by atoms with Crippen molar-refractivity contribution >= 4 is 11.8 Å². The summed E-state index contributed by atoms with van der Waals surface area (Å²) in [6.45, 7) is 5.61. The predicted octanol–water partition coefficient (Wildman–Crippen LogP) is 1.79. The van der Waals surface area contributed by atoms with E-state index in [4.69, 9.17) is 4.74 Å². The van der Waals surface area contributed by atoms with Crippen LogP contribution in [-0.4, -0.2) is 18.4 Å². The second-order valence-corrected chi connectivity index (χ2v) is 3.10. The zero-order valence-corrected chi connectivity index (χ0v) is 8.34. The number of esters is 1. The van der Waals surface area contributed by atoms with Crippen molar-refractivity contribution in [2.24, 2.45) is 0 Å². The van der Waals surface area contributed by atoms with Gasteiger partial charge in [-0.1, -0.05) is 12.7 Å². The van der Waals surface area contributed by atoms with Gasteiger partial charge in [-0.2, -0.15) is 0 Å². The first kappa shape index (κ1) is 10.7. The summed E-state index contributed by atoms with van der Waals surface area (Å²) >= 11 is 0. The molecule has 0 saturated carbocycles. The van der Waals surface area contributed by atoms with Crippen molar-refractivity contribution in [2.75, 3.05) is 6.61 Å². The molecule has 0 radical (unpaired) electrons. The molecule has 0 spiro atoms. The van der Waals surface area contributed by atoms with E-state index in [0.717, 1.165) is 18.4 Å². The Hall–Kier alpha value is -1.38. The zero-order valence-electron chi connectivity index (χ0n) is 8.34. The number of hydrogen-bond acceptors (Lipinski definition) is 3. The molecule has 0 heterocycles. The van der Waals surface area contributed by atoms with E-state index in [2.05, 4.69) is 6.58 Å². The van der Waals surface area contributed by atoms with Crippen LogP contribution in [0.15, 0.2) is 23.8 Å². The smallest absolute Gasteiger partial charge is 0.342 e. The van der Waals surface area contributed by atoms with Gasteiger partial charge in [0.2, 0.25) is 0 Å². The molecule has 0 unspecified atom stereocenters. The molecule has 14 heavy (non-hydrogen) atoms. The maximum absolute atomic E-state index is 11.5. The average molecular weight is 194 g/mol. The van der Waals surface area contributed by atoms with E-state index in [-0.39, 0.29) is 11.4 Å². The number of hydrogen-bond donors (Lipinski definition) is 0. The molecule has 0 fully saturated rings. The molecular weight excluding hydrogens is 180 g/mol. The molecule has 0 aromatic carbocycles. The number of carbonyl (C=O) groups is 2. The number of rotatable bonds is 3. The Morgan fingerprint density at radius 2 is 2.29 bits per heavy atom. The molecule has 0 bridgehead atoms. The third-order valence-corrected chi connectivity index (χ3v) is 2.18. The first-order valence-electron chi connectivity index (χ1n) is 4.76. The second-order valence-electron chi connectivity index (χ2n) is 3.10. The van der Waals surface area contributed by atoms with Gasteiger partial charge < -0.3 is 4.74 Å². The normalized spacial score (nSPS) is 16.8. The molecule has 0 N–H and O–H groups in total. The van der Waals surface area contributed by atoms with Gasteiger partial charge in [-0.05, 0) is 25.3 Å². The van der Waals surface area contributed by atoms with Crippen LogP contribution in [0.2, 0.25) is 0 Å². The quantitative estimate of drug-likeness (QED) is 0.508. The summed E-state index contributed by atoms with van der Waals surface area (Å²) in [5, 5.41) is 0. The fraction of sp³-hybridized carbons (Fsp3) is 0.455. The molecule has 0 amide bonds. The van der Waals surface area contributed by atoms with Crippen molar-refractivity contribution in [3.05, 3.63) is 23.8 Å². The Morgan fingerprint density at radius 3 is 2.86 bits per heavy atom. The van der Waals surface area contributed by atoms with E-state index >= 15 is 0 Å². The first-order valence-corrected chi connectivity index (χ1v) is 4.76. The molecule has 1 rings (SSSR count). The number of ether oxygens (including phenoxy) is 1. The molecule has 0 atom stereocenters. The Kier molecular flexibility index (Phi) is 3.63. The van der Waals surface area contributed by atoms with Crippen molar-refractivity contribution in [3.63, 3.8) is 0 Å². The van der Waals surface area contributed by atoms with Gasteiger partial charge in [-0.25, -0.2) is 4.79 Å². The van der Waals surface area contributed by atoms with Crippen molar-refractivity contribution in [3.8, 4) is 0 Å². The van der Waals surface area contributed by atoms with Gasteiger partial charge in [-0.3, -0.25) is 4.79 Å². The van der Waals surface area contributed by atoms with Crippen molar-refractivity contribution < 1.29 is 14.3 Å². The molecular formula is C11H14O3. The third kappa shape index (κ3) is 2.10. The van der Waals surface area contributed by atoms with Crippen LogP contribution in [-0.2, 0) is 14.3 Å². The standard InChI is InChI=1S/C11H14O3/c1-3-8-6-5-7-9(12)10(8)11(13)14-4-2/h3H,1,4-7H2,2H3. The van der Waals surface area contributed by atoms with Gasteiger partial charge in [0.25, 0.3) is 0 Å². The Morgan fingerprint density at radius 1 is 1.57 bits per heavy atom. The number of Topliss-reactive ketones (excluding diaryl/α,β-unsaturated/α-hetero) is 1. The molecule has 0 aromatic heterocycles. The fourth-order valence-corrected chi connectivity index (χ4v) is 1.52. The lowest BCUT2D eigenvalue weighted by molar-refractivity contribution is -0.140. The minimum Gasteiger partial charge on any atom is -0.462 e. The summed E-state index contributed by atoms with van der Waals surface area (Å²) in [5.41, 5.74) is 0.924. The van der Waals surface area contributed by atoms with E-state index in [9.17, 15) is 9.59 Å². The van der Waals surface area contributed by atoms with Crippen molar-refractivity contribution in [1.82, 2.24) is 0 Å². The minimum atomic E-state index is -0.507. The van der Waals surface area contributed by atoms with Crippen LogP contribution in [0, 0.1) is 0 Å².